The highest BCUT2D eigenvalue weighted by Gasteiger charge is 2.27. The molecule has 1 amide bonds. The average molecular weight is 273 g/mol. The Morgan fingerprint density at radius 1 is 1.16 bits per heavy atom. The minimum Gasteiger partial charge on any atom is -0.464 e. The van der Waals surface area contributed by atoms with E-state index in [1.165, 1.54) is 7.11 Å². The van der Waals surface area contributed by atoms with E-state index < -0.39 is 12.1 Å². The van der Waals surface area contributed by atoms with Gasteiger partial charge in [-0.1, -0.05) is 46.5 Å². The maximum absolute atomic E-state index is 11.9. The highest BCUT2D eigenvalue weighted by Crippen LogP contribution is 2.10. The molecule has 0 aromatic carbocycles. The Morgan fingerprint density at radius 3 is 2.37 bits per heavy atom. The quantitative estimate of drug-likeness (QED) is 0.518. The molecule has 19 heavy (non-hydrogen) atoms. The van der Waals surface area contributed by atoms with E-state index in [9.17, 15) is 9.59 Å². The summed E-state index contributed by atoms with van der Waals surface area (Å²) in [6.07, 6.45) is 4.39. The molecule has 5 heteroatoms. The normalized spacial score (nSPS) is 13.5. The van der Waals surface area contributed by atoms with Crippen molar-refractivity contribution in [1.29, 1.82) is 0 Å². The molecule has 0 aromatic rings. The van der Waals surface area contributed by atoms with Crippen LogP contribution in [0.1, 0.15) is 52.9 Å². The Hall–Kier alpha value is -1.26. The molecule has 0 heterocycles. The van der Waals surface area contributed by atoms with Crippen molar-refractivity contribution in [2.24, 2.45) is 5.92 Å². The molecule has 0 aliphatic heterocycles. The van der Waals surface area contributed by atoms with Gasteiger partial charge in [0.05, 0.1) is 13.7 Å². The number of methoxy groups -OCH3 is 1. The van der Waals surface area contributed by atoms with Gasteiger partial charge in [-0.25, -0.2) is 9.59 Å². The topological polar surface area (TPSA) is 64.6 Å². The molecule has 1 N–H and O–H groups in total. The van der Waals surface area contributed by atoms with Crippen LogP contribution in [0.15, 0.2) is 0 Å². The van der Waals surface area contributed by atoms with E-state index in [4.69, 9.17) is 4.74 Å². The largest absolute Gasteiger partial charge is 0.464 e. The highest BCUT2D eigenvalue weighted by atomic mass is 16.5. The molecule has 112 valence electrons. The van der Waals surface area contributed by atoms with Crippen molar-refractivity contribution in [1.82, 2.24) is 5.32 Å². The van der Waals surface area contributed by atoms with E-state index in [-0.39, 0.29) is 11.9 Å². The molecular weight excluding hydrogens is 246 g/mol. The number of nitrogens with one attached hydrogen (secondary N) is 1. The lowest BCUT2D eigenvalue weighted by Gasteiger charge is -2.21. The van der Waals surface area contributed by atoms with Gasteiger partial charge >= 0.3 is 12.1 Å². The van der Waals surface area contributed by atoms with Crippen molar-refractivity contribution >= 4 is 12.1 Å². The van der Waals surface area contributed by atoms with E-state index >= 15 is 0 Å². The number of hydrogen-bond acceptors (Lipinski definition) is 4. The predicted molar refractivity (Wildman–Crippen MR) is 73.9 cm³/mol. The average Bonchev–Trinajstić information content (AvgIpc) is 2.43. The molecule has 0 bridgehead atoms. The maximum atomic E-state index is 11.9. The molecule has 0 radical (unpaired) electrons. The van der Waals surface area contributed by atoms with E-state index in [0.29, 0.717) is 6.61 Å². The summed E-state index contributed by atoms with van der Waals surface area (Å²) < 4.78 is 9.74. The van der Waals surface area contributed by atoms with Crippen molar-refractivity contribution in [3.63, 3.8) is 0 Å². The van der Waals surface area contributed by atoms with Gasteiger partial charge in [0.15, 0.2) is 0 Å². The van der Waals surface area contributed by atoms with Crippen LogP contribution in [-0.2, 0) is 14.3 Å². The van der Waals surface area contributed by atoms with Crippen molar-refractivity contribution in [2.75, 3.05) is 13.7 Å². The third-order valence-corrected chi connectivity index (χ3v) is 3.17. The Bertz CT molecular complexity index is 268. The zero-order chi connectivity index (χ0) is 14.7. The molecule has 0 aliphatic rings. The second kappa shape index (κ2) is 10.6. The maximum Gasteiger partial charge on any atom is 0.407 e. The number of alkyl carbamates (subject to hydrolysis) is 1. The Balaban J connectivity index is 4.19. The van der Waals surface area contributed by atoms with Gasteiger partial charge in [-0.3, -0.25) is 0 Å². The monoisotopic (exact) mass is 273 g/mol. The lowest BCUT2D eigenvalue weighted by Crippen LogP contribution is -2.46. The molecule has 0 aliphatic carbocycles. The van der Waals surface area contributed by atoms with Crippen LogP contribution >= 0.6 is 0 Å². The number of carbonyl (C=O) groups is 2. The summed E-state index contributed by atoms with van der Waals surface area (Å²) in [5.41, 5.74) is 0. The van der Waals surface area contributed by atoms with E-state index in [1.54, 1.807) is 0 Å². The molecule has 0 saturated carbocycles. The fourth-order valence-corrected chi connectivity index (χ4v) is 1.65. The second-order valence-corrected chi connectivity index (χ2v) is 4.73. The van der Waals surface area contributed by atoms with Crippen molar-refractivity contribution in [3.8, 4) is 0 Å². The first-order valence-corrected chi connectivity index (χ1v) is 7.07. The van der Waals surface area contributed by atoms with Crippen LogP contribution < -0.4 is 5.32 Å². The van der Waals surface area contributed by atoms with Gasteiger partial charge in [-0.15, -0.1) is 0 Å². The van der Waals surface area contributed by atoms with E-state index in [0.717, 1.165) is 32.1 Å². The van der Waals surface area contributed by atoms with E-state index in [1.807, 2.05) is 13.8 Å². The number of carbonyl (C=O) groups excluding carboxylic acids is 2. The molecule has 0 aromatic heterocycles. The van der Waals surface area contributed by atoms with E-state index in [2.05, 4.69) is 17.0 Å². The van der Waals surface area contributed by atoms with Crippen molar-refractivity contribution in [2.45, 2.75) is 58.9 Å². The van der Waals surface area contributed by atoms with Crippen LogP contribution in [0.4, 0.5) is 4.79 Å². The fourth-order valence-electron chi connectivity index (χ4n) is 1.65. The first-order valence-electron chi connectivity index (χ1n) is 7.07. The molecule has 2 atom stereocenters. The molecule has 1 unspecified atom stereocenters. The molecule has 0 spiro atoms. The van der Waals surface area contributed by atoms with Gasteiger partial charge in [-0.05, 0) is 12.3 Å². The SMILES string of the molecule is CCCCCCOC(=O)[C@@H](NC(=O)OC)C(C)CC. The van der Waals surface area contributed by atoms with Crippen LogP contribution in [0.3, 0.4) is 0 Å². The van der Waals surface area contributed by atoms with Gasteiger partial charge in [0.2, 0.25) is 0 Å². The summed E-state index contributed by atoms with van der Waals surface area (Å²) in [5.74, 6) is -0.363. The van der Waals surface area contributed by atoms with Gasteiger partial charge in [0.25, 0.3) is 0 Å². The predicted octanol–water partition coefficient (Wildman–Crippen LogP) is 2.88. The van der Waals surface area contributed by atoms with Crippen LogP contribution in [0.5, 0.6) is 0 Å². The summed E-state index contributed by atoms with van der Waals surface area (Å²) in [6.45, 7) is 6.41. The van der Waals surface area contributed by atoms with Crippen molar-refractivity contribution in [3.05, 3.63) is 0 Å². The summed E-state index contributed by atoms with van der Waals surface area (Å²) in [6, 6.07) is -0.636. The molecular formula is C14H27NO4. The molecule has 0 rings (SSSR count). The Kier molecular flexibility index (Phi) is 9.94. The van der Waals surface area contributed by atoms with Gasteiger partial charge in [0.1, 0.15) is 6.04 Å². The van der Waals surface area contributed by atoms with Crippen LogP contribution in [0.2, 0.25) is 0 Å². The zero-order valence-electron chi connectivity index (χ0n) is 12.5. The fraction of sp³-hybridized carbons (Fsp3) is 0.857. The number of amides is 1. The Labute approximate surface area is 116 Å². The third kappa shape index (κ3) is 7.70. The molecule has 0 saturated heterocycles. The Morgan fingerprint density at radius 2 is 1.84 bits per heavy atom. The summed E-state index contributed by atoms with van der Waals surface area (Å²) in [5, 5.41) is 2.53. The van der Waals surface area contributed by atoms with Crippen LogP contribution in [0, 0.1) is 5.92 Å². The molecule has 5 nitrogen and oxygen atoms in total. The first-order chi connectivity index (χ1) is 9.06. The smallest absolute Gasteiger partial charge is 0.407 e. The number of unbranched alkanes of at least 4 members (excludes halogenated alkanes) is 3. The van der Waals surface area contributed by atoms with Crippen LogP contribution in [-0.4, -0.2) is 31.8 Å². The number of ether oxygens (including phenoxy) is 2. The second-order valence-electron chi connectivity index (χ2n) is 4.73. The van der Waals surface area contributed by atoms with Gasteiger partial charge in [-0.2, -0.15) is 0 Å². The number of esters is 1. The van der Waals surface area contributed by atoms with Crippen molar-refractivity contribution < 1.29 is 19.1 Å². The standard InChI is InChI=1S/C14H27NO4/c1-5-7-8-9-10-19-13(16)12(11(3)6-2)15-14(17)18-4/h11-12H,5-10H2,1-4H3,(H,15,17)/t11?,12-/m0/s1. The number of hydrogen-bond donors (Lipinski definition) is 1. The van der Waals surface area contributed by atoms with Gasteiger partial charge < -0.3 is 14.8 Å². The summed E-state index contributed by atoms with van der Waals surface area (Å²) >= 11 is 0. The molecule has 0 fully saturated rings. The highest BCUT2D eigenvalue weighted by molar-refractivity contribution is 5.81. The third-order valence-electron chi connectivity index (χ3n) is 3.17. The van der Waals surface area contributed by atoms with Crippen LogP contribution in [0.25, 0.3) is 0 Å². The summed E-state index contributed by atoms with van der Waals surface area (Å²) in [7, 11) is 1.28. The van der Waals surface area contributed by atoms with Gasteiger partial charge in [0, 0.05) is 0 Å². The first kappa shape index (κ1) is 17.7. The lowest BCUT2D eigenvalue weighted by molar-refractivity contribution is -0.147. The zero-order valence-corrected chi connectivity index (χ0v) is 12.5. The number of rotatable bonds is 9. The lowest BCUT2D eigenvalue weighted by atomic mass is 9.99. The minimum absolute atomic E-state index is 0.0160. The minimum atomic E-state index is -0.636. The summed E-state index contributed by atoms with van der Waals surface area (Å²) in [4.78, 5) is 23.2.